The lowest BCUT2D eigenvalue weighted by Crippen LogP contribution is -2.26. The van der Waals surface area contributed by atoms with E-state index in [0.717, 1.165) is 37.6 Å². The maximum Gasteiger partial charge on any atom is 0.0426 e. The van der Waals surface area contributed by atoms with Crippen molar-refractivity contribution in [3.05, 3.63) is 28.8 Å². The van der Waals surface area contributed by atoms with E-state index in [9.17, 15) is 0 Å². The topological polar surface area (TPSA) is 15.3 Å². The molecular weight excluding hydrogens is 256 g/mol. The molecule has 0 fully saturated rings. The van der Waals surface area contributed by atoms with Crippen molar-refractivity contribution in [1.82, 2.24) is 5.32 Å². The van der Waals surface area contributed by atoms with Gasteiger partial charge in [0, 0.05) is 30.3 Å². The minimum absolute atomic E-state index is 0.675. The third kappa shape index (κ3) is 5.42. The zero-order valence-electron chi connectivity index (χ0n) is 12.7. The van der Waals surface area contributed by atoms with Gasteiger partial charge in [0.1, 0.15) is 0 Å². The van der Waals surface area contributed by atoms with Crippen LogP contribution >= 0.6 is 11.6 Å². The number of hydrogen-bond acceptors (Lipinski definition) is 2. The fourth-order valence-electron chi connectivity index (χ4n) is 2.20. The first-order valence-corrected chi connectivity index (χ1v) is 7.70. The van der Waals surface area contributed by atoms with Gasteiger partial charge in [0.05, 0.1) is 0 Å². The quantitative estimate of drug-likeness (QED) is 0.764. The summed E-state index contributed by atoms with van der Waals surface area (Å²) in [5, 5.41) is 4.33. The van der Waals surface area contributed by atoms with Gasteiger partial charge in [-0.3, -0.25) is 0 Å². The van der Waals surface area contributed by atoms with Gasteiger partial charge in [0.2, 0.25) is 0 Å². The highest BCUT2D eigenvalue weighted by Crippen LogP contribution is 2.25. The van der Waals surface area contributed by atoms with E-state index in [1.54, 1.807) is 0 Å². The molecule has 108 valence electrons. The number of hydrogen-bond donors (Lipinski definition) is 1. The van der Waals surface area contributed by atoms with Crippen molar-refractivity contribution in [2.24, 2.45) is 5.92 Å². The van der Waals surface area contributed by atoms with Crippen LogP contribution in [0.2, 0.25) is 5.02 Å². The first-order valence-electron chi connectivity index (χ1n) is 7.32. The highest BCUT2D eigenvalue weighted by Gasteiger charge is 2.10. The molecule has 0 aliphatic heterocycles. The van der Waals surface area contributed by atoms with Gasteiger partial charge < -0.3 is 10.2 Å². The molecule has 2 nitrogen and oxygen atoms in total. The minimum atomic E-state index is 0.675. The highest BCUT2D eigenvalue weighted by molar-refractivity contribution is 6.30. The Morgan fingerprint density at radius 1 is 1.26 bits per heavy atom. The lowest BCUT2D eigenvalue weighted by Gasteiger charge is -2.26. The number of halogens is 1. The number of rotatable bonds is 8. The second kappa shape index (κ2) is 8.44. The standard InChI is InChI=1S/C16H27ClN2/c1-5-9-19(6-2)16-10-15(17)8-7-14(16)12-18-11-13(3)4/h7-8,10,13,18H,5-6,9,11-12H2,1-4H3. The van der Waals surface area contributed by atoms with E-state index in [2.05, 4.69) is 50.0 Å². The van der Waals surface area contributed by atoms with E-state index in [4.69, 9.17) is 11.6 Å². The molecule has 1 aromatic rings. The van der Waals surface area contributed by atoms with Crippen molar-refractivity contribution >= 4 is 17.3 Å². The lowest BCUT2D eigenvalue weighted by molar-refractivity contribution is 0.552. The fraction of sp³-hybridized carbons (Fsp3) is 0.625. The molecular formula is C16H27ClN2. The molecule has 3 heteroatoms. The molecule has 0 spiro atoms. The zero-order valence-corrected chi connectivity index (χ0v) is 13.4. The Morgan fingerprint density at radius 2 is 2.00 bits per heavy atom. The van der Waals surface area contributed by atoms with Crippen LogP contribution < -0.4 is 10.2 Å². The molecule has 0 saturated heterocycles. The van der Waals surface area contributed by atoms with Gasteiger partial charge >= 0.3 is 0 Å². The summed E-state index contributed by atoms with van der Waals surface area (Å²) in [4.78, 5) is 2.40. The first kappa shape index (κ1) is 16.3. The Balaban J connectivity index is 2.83. The second-order valence-electron chi connectivity index (χ2n) is 5.38. The van der Waals surface area contributed by atoms with E-state index < -0.39 is 0 Å². The Labute approximate surface area is 123 Å². The summed E-state index contributed by atoms with van der Waals surface area (Å²) in [5.74, 6) is 0.675. The largest absolute Gasteiger partial charge is 0.372 e. The molecule has 0 radical (unpaired) electrons. The molecule has 0 aromatic heterocycles. The molecule has 0 atom stereocenters. The van der Waals surface area contributed by atoms with Crippen molar-refractivity contribution in [3.8, 4) is 0 Å². The van der Waals surface area contributed by atoms with Gasteiger partial charge in [0.15, 0.2) is 0 Å². The minimum Gasteiger partial charge on any atom is -0.372 e. The molecule has 1 aromatic carbocycles. The van der Waals surface area contributed by atoms with E-state index in [0.29, 0.717) is 5.92 Å². The molecule has 0 unspecified atom stereocenters. The maximum atomic E-state index is 6.16. The Morgan fingerprint density at radius 3 is 2.58 bits per heavy atom. The van der Waals surface area contributed by atoms with Crippen LogP contribution in [0.25, 0.3) is 0 Å². The van der Waals surface area contributed by atoms with Crippen molar-refractivity contribution in [2.45, 2.75) is 40.7 Å². The van der Waals surface area contributed by atoms with Crippen LogP contribution in [0, 0.1) is 5.92 Å². The van der Waals surface area contributed by atoms with E-state index >= 15 is 0 Å². The molecule has 0 amide bonds. The van der Waals surface area contributed by atoms with Crippen LogP contribution in [-0.4, -0.2) is 19.6 Å². The van der Waals surface area contributed by atoms with Crippen molar-refractivity contribution in [3.63, 3.8) is 0 Å². The average molecular weight is 283 g/mol. The molecule has 0 saturated carbocycles. The summed E-state index contributed by atoms with van der Waals surface area (Å²) in [6.07, 6.45) is 1.15. The van der Waals surface area contributed by atoms with Gasteiger partial charge in [-0.25, -0.2) is 0 Å². The normalized spacial score (nSPS) is 11.1. The molecule has 1 rings (SSSR count). The lowest BCUT2D eigenvalue weighted by atomic mass is 10.1. The van der Waals surface area contributed by atoms with Crippen LogP contribution in [0.3, 0.4) is 0 Å². The fourth-order valence-corrected chi connectivity index (χ4v) is 2.36. The number of nitrogens with zero attached hydrogens (tertiary/aromatic N) is 1. The van der Waals surface area contributed by atoms with Crippen LogP contribution in [0.4, 0.5) is 5.69 Å². The Kier molecular flexibility index (Phi) is 7.25. The third-order valence-corrected chi connectivity index (χ3v) is 3.37. The first-order chi connectivity index (χ1) is 9.08. The van der Waals surface area contributed by atoms with Crippen LogP contribution in [-0.2, 0) is 6.54 Å². The van der Waals surface area contributed by atoms with E-state index in [1.807, 2.05) is 6.07 Å². The van der Waals surface area contributed by atoms with Crippen molar-refractivity contribution < 1.29 is 0 Å². The number of benzene rings is 1. The number of nitrogens with one attached hydrogen (secondary N) is 1. The van der Waals surface area contributed by atoms with Gasteiger partial charge in [0.25, 0.3) is 0 Å². The Bertz CT molecular complexity index is 377. The summed E-state index contributed by atoms with van der Waals surface area (Å²) in [6.45, 7) is 12.9. The predicted octanol–water partition coefficient (Wildman–Crippen LogP) is 4.32. The summed E-state index contributed by atoms with van der Waals surface area (Å²) in [7, 11) is 0. The van der Waals surface area contributed by atoms with Gasteiger partial charge in [-0.15, -0.1) is 0 Å². The molecule has 0 bridgehead atoms. The highest BCUT2D eigenvalue weighted by atomic mass is 35.5. The SMILES string of the molecule is CCCN(CC)c1cc(Cl)ccc1CNCC(C)C. The van der Waals surface area contributed by atoms with Gasteiger partial charge in [-0.05, 0) is 43.5 Å². The smallest absolute Gasteiger partial charge is 0.0426 e. The van der Waals surface area contributed by atoms with E-state index in [1.165, 1.54) is 11.3 Å². The monoisotopic (exact) mass is 282 g/mol. The second-order valence-corrected chi connectivity index (χ2v) is 5.81. The van der Waals surface area contributed by atoms with Crippen LogP contribution in [0.1, 0.15) is 39.7 Å². The summed E-state index contributed by atoms with van der Waals surface area (Å²) in [5.41, 5.74) is 2.61. The van der Waals surface area contributed by atoms with Crippen LogP contribution in [0.5, 0.6) is 0 Å². The van der Waals surface area contributed by atoms with Gasteiger partial charge in [-0.1, -0.05) is 38.4 Å². The third-order valence-electron chi connectivity index (χ3n) is 3.13. The zero-order chi connectivity index (χ0) is 14.3. The van der Waals surface area contributed by atoms with Gasteiger partial charge in [-0.2, -0.15) is 0 Å². The Hall–Kier alpha value is -0.730. The average Bonchev–Trinajstić information content (AvgIpc) is 2.37. The van der Waals surface area contributed by atoms with E-state index in [-0.39, 0.29) is 0 Å². The maximum absolute atomic E-state index is 6.16. The summed E-state index contributed by atoms with van der Waals surface area (Å²) in [6, 6.07) is 6.22. The molecule has 0 heterocycles. The molecule has 0 aliphatic rings. The predicted molar refractivity (Wildman–Crippen MR) is 86.2 cm³/mol. The summed E-state index contributed by atoms with van der Waals surface area (Å²) < 4.78 is 0. The molecule has 1 N–H and O–H groups in total. The molecule has 19 heavy (non-hydrogen) atoms. The summed E-state index contributed by atoms with van der Waals surface area (Å²) >= 11 is 6.16. The molecule has 0 aliphatic carbocycles. The number of anilines is 1. The van der Waals surface area contributed by atoms with Crippen LogP contribution in [0.15, 0.2) is 18.2 Å². The van der Waals surface area contributed by atoms with Crippen molar-refractivity contribution in [1.29, 1.82) is 0 Å². The van der Waals surface area contributed by atoms with Crippen molar-refractivity contribution in [2.75, 3.05) is 24.5 Å².